The molecule has 1 aliphatic heterocycles. The average Bonchev–Trinajstić information content (AvgIpc) is 3.07. The first-order valence-electron chi connectivity index (χ1n) is 9.64. The quantitative estimate of drug-likeness (QED) is 0.761. The fourth-order valence-electron chi connectivity index (χ4n) is 3.93. The summed E-state index contributed by atoms with van der Waals surface area (Å²) in [4.78, 5) is 19.5. The molecule has 28 heavy (non-hydrogen) atoms. The number of carbonyl (C=O) groups is 1. The highest BCUT2D eigenvalue weighted by Gasteiger charge is 2.22. The Labute approximate surface area is 170 Å². The van der Waals surface area contributed by atoms with Crippen molar-refractivity contribution in [3.05, 3.63) is 34.8 Å². The van der Waals surface area contributed by atoms with Gasteiger partial charge in [-0.05, 0) is 36.0 Å². The highest BCUT2D eigenvalue weighted by Crippen LogP contribution is 2.28. The summed E-state index contributed by atoms with van der Waals surface area (Å²) in [6.45, 7) is 7.69. The van der Waals surface area contributed by atoms with Crippen LogP contribution in [0, 0.1) is 11.8 Å². The zero-order chi connectivity index (χ0) is 20.1. The molecule has 2 atom stereocenters. The van der Waals surface area contributed by atoms with Crippen molar-refractivity contribution >= 4 is 22.4 Å². The number of nitrogens with zero attached hydrogens (tertiary/aromatic N) is 2. The minimum Gasteiger partial charge on any atom is -0.493 e. The maximum atomic E-state index is 12.4. The topological polar surface area (TPSA) is 63.7 Å². The molecule has 3 rings (SSSR count). The maximum Gasteiger partial charge on any atom is 0.230 e. The number of ether oxygens (including phenoxy) is 2. The van der Waals surface area contributed by atoms with Crippen LogP contribution in [-0.2, 0) is 17.8 Å². The zero-order valence-corrected chi connectivity index (χ0v) is 17.8. The molecular formula is C21H29N3O3S. The Morgan fingerprint density at radius 1 is 1.21 bits per heavy atom. The predicted octanol–water partition coefficient (Wildman–Crippen LogP) is 3.82. The minimum absolute atomic E-state index is 0.0895. The standard InChI is InChI=1S/C21H29N3O3S/c1-14-7-15(2)11-24(10-14)12-17-13-28-21(22-17)23-20(25)9-16-5-6-18(26-3)19(8-16)27-4/h5-6,8,13-15H,7,9-12H2,1-4H3,(H,22,23,25). The van der Waals surface area contributed by atoms with Gasteiger partial charge in [0.2, 0.25) is 5.91 Å². The molecule has 1 N–H and O–H groups in total. The largest absolute Gasteiger partial charge is 0.493 e. The third kappa shape index (κ3) is 5.45. The molecule has 2 unspecified atom stereocenters. The molecule has 1 amide bonds. The van der Waals surface area contributed by atoms with Gasteiger partial charge in [-0.1, -0.05) is 19.9 Å². The van der Waals surface area contributed by atoms with Crippen LogP contribution in [0.25, 0.3) is 0 Å². The van der Waals surface area contributed by atoms with Crippen molar-refractivity contribution in [3.8, 4) is 11.5 Å². The summed E-state index contributed by atoms with van der Waals surface area (Å²) in [5, 5.41) is 5.60. The van der Waals surface area contributed by atoms with Gasteiger partial charge in [0.05, 0.1) is 26.3 Å². The van der Waals surface area contributed by atoms with Crippen LogP contribution < -0.4 is 14.8 Å². The van der Waals surface area contributed by atoms with Gasteiger partial charge >= 0.3 is 0 Å². The Hall–Kier alpha value is -2.12. The molecule has 0 bridgehead atoms. The lowest BCUT2D eigenvalue weighted by atomic mass is 9.92. The van der Waals surface area contributed by atoms with Crippen LogP contribution in [0.1, 0.15) is 31.5 Å². The fourth-order valence-corrected chi connectivity index (χ4v) is 4.64. The van der Waals surface area contributed by atoms with Crippen LogP contribution in [0.3, 0.4) is 0 Å². The number of benzene rings is 1. The van der Waals surface area contributed by atoms with E-state index in [1.165, 1.54) is 17.8 Å². The second kappa shape index (κ2) is 9.39. The molecule has 6 nitrogen and oxygen atoms in total. The van der Waals surface area contributed by atoms with Gasteiger partial charge in [-0.2, -0.15) is 0 Å². The van der Waals surface area contributed by atoms with Gasteiger partial charge in [-0.3, -0.25) is 9.69 Å². The smallest absolute Gasteiger partial charge is 0.230 e. The van der Waals surface area contributed by atoms with Crippen molar-refractivity contribution < 1.29 is 14.3 Å². The lowest BCUT2D eigenvalue weighted by Crippen LogP contribution is -2.38. The van der Waals surface area contributed by atoms with E-state index < -0.39 is 0 Å². The summed E-state index contributed by atoms with van der Waals surface area (Å²) in [6, 6.07) is 5.50. The van der Waals surface area contributed by atoms with Crippen molar-refractivity contribution in [1.29, 1.82) is 0 Å². The monoisotopic (exact) mass is 403 g/mol. The van der Waals surface area contributed by atoms with Gasteiger partial charge in [0.25, 0.3) is 0 Å². The van der Waals surface area contributed by atoms with Crippen molar-refractivity contribution in [1.82, 2.24) is 9.88 Å². The zero-order valence-electron chi connectivity index (χ0n) is 17.0. The molecule has 2 aromatic rings. The highest BCUT2D eigenvalue weighted by molar-refractivity contribution is 7.13. The number of rotatable bonds is 7. The number of nitrogens with one attached hydrogen (secondary N) is 1. The van der Waals surface area contributed by atoms with Crippen molar-refractivity contribution in [2.24, 2.45) is 11.8 Å². The molecule has 7 heteroatoms. The average molecular weight is 404 g/mol. The summed E-state index contributed by atoms with van der Waals surface area (Å²) >= 11 is 1.48. The van der Waals surface area contributed by atoms with Gasteiger partial charge in [0.15, 0.2) is 16.6 Å². The number of likely N-dealkylation sites (tertiary alicyclic amines) is 1. The molecule has 1 aliphatic rings. The van der Waals surface area contributed by atoms with E-state index in [1.807, 2.05) is 23.6 Å². The summed E-state index contributed by atoms with van der Waals surface area (Å²) < 4.78 is 10.5. The Bertz CT molecular complexity index is 798. The number of aromatic nitrogens is 1. The van der Waals surface area contributed by atoms with Gasteiger partial charge in [0.1, 0.15) is 0 Å². The fraction of sp³-hybridized carbons (Fsp3) is 0.524. The van der Waals surface area contributed by atoms with E-state index >= 15 is 0 Å². The highest BCUT2D eigenvalue weighted by atomic mass is 32.1. The summed E-state index contributed by atoms with van der Waals surface area (Å²) in [5.41, 5.74) is 1.89. The van der Waals surface area contributed by atoms with Crippen molar-refractivity contribution in [3.63, 3.8) is 0 Å². The van der Waals surface area contributed by atoms with E-state index in [2.05, 4.69) is 29.0 Å². The molecular weight excluding hydrogens is 374 g/mol. The van der Waals surface area contributed by atoms with Crippen LogP contribution in [0.5, 0.6) is 11.5 Å². The van der Waals surface area contributed by atoms with Gasteiger partial charge < -0.3 is 14.8 Å². The number of carbonyl (C=O) groups excluding carboxylic acids is 1. The molecule has 0 saturated carbocycles. The lowest BCUT2D eigenvalue weighted by molar-refractivity contribution is -0.115. The minimum atomic E-state index is -0.0895. The van der Waals surface area contributed by atoms with Crippen LogP contribution in [0.4, 0.5) is 5.13 Å². The third-order valence-electron chi connectivity index (χ3n) is 4.94. The van der Waals surface area contributed by atoms with E-state index in [1.54, 1.807) is 14.2 Å². The van der Waals surface area contributed by atoms with E-state index in [0.29, 0.717) is 16.6 Å². The second-order valence-electron chi connectivity index (χ2n) is 7.70. The number of hydrogen-bond acceptors (Lipinski definition) is 6. The summed E-state index contributed by atoms with van der Waals surface area (Å²) in [5.74, 6) is 2.63. The Balaban J connectivity index is 1.55. The molecule has 2 heterocycles. The number of anilines is 1. The number of amides is 1. The van der Waals surface area contributed by atoms with E-state index in [9.17, 15) is 4.79 Å². The number of piperidine rings is 1. The lowest BCUT2D eigenvalue weighted by Gasteiger charge is -2.34. The summed E-state index contributed by atoms with van der Waals surface area (Å²) in [6.07, 6.45) is 1.56. The maximum absolute atomic E-state index is 12.4. The Kier molecular flexibility index (Phi) is 6.91. The van der Waals surface area contributed by atoms with Crippen molar-refractivity contribution in [2.45, 2.75) is 33.2 Å². The molecule has 0 radical (unpaired) electrons. The molecule has 0 aliphatic carbocycles. The number of hydrogen-bond donors (Lipinski definition) is 1. The summed E-state index contributed by atoms with van der Waals surface area (Å²) in [7, 11) is 3.18. The Morgan fingerprint density at radius 3 is 2.61 bits per heavy atom. The molecule has 1 fully saturated rings. The van der Waals surface area contributed by atoms with Crippen LogP contribution in [0.2, 0.25) is 0 Å². The van der Waals surface area contributed by atoms with Gasteiger partial charge in [-0.15, -0.1) is 11.3 Å². The van der Waals surface area contributed by atoms with E-state index in [0.717, 1.165) is 42.7 Å². The van der Waals surface area contributed by atoms with Gasteiger partial charge in [0, 0.05) is 25.0 Å². The number of thiazole rings is 1. The van der Waals surface area contributed by atoms with Crippen LogP contribution in [-0.4, -0.2) is 43.1 Å². The first kappa shape index (κ1) is 20.6. The van der Waals surface area contributed by atoms with Crippen LogP contribution in [0.15, 0.2) is 23.6 Å². The SMILES string of the molecule is COc1ccc(CC(=O)Nc2nc(CN3CC(C)CC(C)C3)cs2)cc1OC. The Morgan fingerprint density at radius 2 is 1.93 bits per heavy atom. The number of methoxy groups -OCH3 is 2. The van der Waals surface area contributed by atoms with Crippen LogP contribution >= 0.6 is 11.3 Å². The first-order chi connectivity index (χ1) is 13.5. The van der Waals surface area contributed by atoms with Crippen molar-refractivity contribution in [2.75, 3.05) is 32.6 Å². The molecule has 1 aromatic heterocycles. The first-order valence-corrected chi connectivity index (χ1v) is 10.5. The van der Waals surface area contributed by atoms with E-state index in [4.69, 9.17) is 9.47 Å². The molecule has 0 spiro atoms. The molecule has 152 valence electrons. The van der Waals surface area contributed by atoms with E-state index in [-0.39, 0.29) is 12.3 Å². The van der Waals surface area contributed by atoms with Gasteiger partial charge in [-0.25, -0.2) is 4.98 Å². The molecule has 1 saturated heterocycles. The second-order valence-corrected chi connectivity index (χ2v) is 8.56. The molecule has 1 aromatic carbocycles. The normalized spacial score (nSPS) is 20.0. The predicted molar refractivity (Wildman–Crippen MR) is 112 cm³/mol. The third-order valence-corrected chi connectivity index (χ3v) is 5.75.